The number of aliphatic hydroxyl groups is 1. The normalized spacial score (nSPS) is 32.1. The van der Waals surface area contributed by atoms with Crippen molar-refractivity contribution in [2.45, 2.75) is 69.9 Å². The molecule has 1 saturated heterocycles. The van der Waals surface area contributed by atoms with Crippen molar-refractivity contribution in [2.24, 2.45) is 0 Å². The SMILES string of the molecule is CC(C)c1ncc(C2(O)CCC(N3CCCC3)CC2)s1. The number of likely N-dealkylation sites (tertiary alicyclic amines) is 1. The van der Waals surface area contributed by atoms with Crippen molar-refractivity contribution in [3.8, 4) is 0 Å². The maximum absolute atomic E-state index is 11.0. The summed E-state index contributed by atoms with van der Waals surface area (Å²) in [5.41, 5.74) is -0.610. The summed E-state index contributed by atoms with van der Waals surface area (Å²) in [7, 11) is 0. The standard InChI is InChI=1S/C16H26N2OS/c1-12(2)15-17-11-14(20-15)16(19)7-5-13(6-8-16)18-9-3-4-10-18/h11-13,19H,3-10H2,1-2H3. The van der Waals surface area contributed by atoms with Crippen LogP contribution < -0.4 is 0 Å². The Balaban J connectivity index is 1.65. The minimum Gasteiger partial charge on any atom is -0.384 e. The van der Waals surface area contributed by atoms with E-state index < -0.39 is 5.60 Å². The predicted octanol–water partition coefficient (Wildman–Crippen LogP) is 3.49. The molecule has 112 valence electrons. The van der Waals surface area contributed by atoms with Crippen LogP contribution in [-0.2, 0) is 5.60 Å². The molecule has 0 bridgehead atoms. The zero-order valence-electron chi connectivity index (χ0n) is 12.6. The van der Waals surface area contributed by atoms with E-state index in [-0.39, 0.29) is 0 Å². The topological polar surface area (TPSA) is 36.4 Å². The molecule has 0 unspecified atom stereocenters. The number of rotatable bonds is 3. The Morgan fingerprint density at radius 3 is 2.50 bits per heavy atom. The quantitative estimate of drug-likeness (QED) is 0.927. The lowest BCUT2D eigenvalue weighted by Crippen LogP contribution is -2.40. The van der Waals surface area contributed by atoms with Gasteiger partial charge in [-0.3, -0.25) is 0 Å². The molecular weight excluding hydrogens is 268 g/mol. The molecule has 0 radical (unpaired) electrons. The molecule has 0 spiro atoms. The lowest BCUT2D eigenvalue weighted by atomic mass is 9.81. The van der Waals surface area contributed by atoms with E-state index in [9.17, 15) is 5.11 Å². The van der Waals surface area contributed by atoms with Gasteiger partial charge in [-0.25, -0.2) is 4.98 Å². The molecule has 1 saturated carbocycles. The third kappa shape index (κ3) is 2.78. The second-order valence-corrected chi connectivity index (χ2v) is 7.79. The summed E-state index contributed by atoms with van der Waals surface area (Å²) in [6, 6.07) is 0.704. The van der Waals surface area contributed by atoms with Gasteiger partial charge in [0.2, 0.25) is 0 Å². The first kappa shape index (κ1) is 14.5. The van der Waals surface area contributed by atoms with Gasteiger partial charge in [-0.2, -0.15) is 0 Å². The van der Waals surface area contributed by atoms with Crippen LogP contribution in [0.4, 0.5) is 0 Å². The van der Waals surface area contributed by atoms with Crippen LogP contribution in [0.25, 0.3) is 0 Å². The van der Waals surface area contributed by atoms with E-state index in [0.29, 0.717) is 12.0 Å². The fourth-order valence-electron chi connectivity index (χ4n) is 3.57. The molecule has 1 aromatic rings. The number of aromatic nitrogens is 1. The van der Waals surface area contributed by atoms with Crippen LogP contribution in [0.15, 0.2) is 6.20 Å². The van der Waals surface area contributed by atoms with Crippen LogP contribution >= 0.6 is 11.3 Å². The molecule has 3 rings (SSSR count). The molecule has 0 aromatic carbocycles. The first-order chi connectivity index (χ1) is 9.58. The fraction of sp³-hybridized carbons (Fsp3) is 0.812. The van der Waals surface area contributed by atoms with Crippen molar-refractivity contribution in [3.05, 3.63) is 16.1 Å². The second-order valence-electron chi connectivity index (χ2n) is 6.72. The third-order valence-electron chi connectivity index (χ3n) is 4.92. The number of hydrogen-bond acceptors (Lipinski definition) is 4. The summed E-state index contributed by atoms with van der Waals surface area (Å²) in [4.78, 5) is 8.20. The Bertz CT molecular complexity index is 443. The highest BCUT2D eigenvalue weighted by atomic mass is 32.1. The predicted molar refractivity (Wildman–Crippen MR) is 83.2 cm³/mol. The summed E-state index contributed by atoms with van der Waals surface area (Å²) in [6.45, 7) is 6.86. The molecule has 2 heterocycles. The summed E-state index contributed by atoms with van der Waals surface area (Å²) >= 11 is 1.71. The van der Waals surface area contributed by atoms with Crippen LogP contribution in [0, 0.1) is 0 Å². The highest BCUT2D eigenvalue weighted by molar-refractivity contribution is 7.11. The van der Waals surface area contributed by atoms with Gasteiger partial charge >= 0.3 is 0 Å². The van der Waals surface area contributed by atoms with Crippen molar-refractivity contribution in [1.29, 1.82) is 0 Å². The van der Waals surface area contributed by atoms with Gasteiger partial charge in [-0.15, -0.1) is 11.3 Å². The first-order valence-electron chi connectivity index (χ1n) is 8.01. The zero-order chi connectivity index (χ0) is 14.2. The third-order valence-corrected chi connectivity index (χ3v) is 6.41. The van der Waals surface area contributed by atoms with E-state index in [1.165, 1.54) is 25.9 Å². The van der Waals surface area contributed by atoms with Crippen molar-refractivity contribution >= 4 is 11.3 Å². The molecule has 0 amide bonds. The van der Waals surface area contributed by atoms with E-state index in [2.05, 4.69) is 23.7 Å². The minimum absolute atomic E-state index is 0.457. The maximum atomic E-state index is 11.0. The maximum Gasteiger partial charge on any atom is 0.100 e. The molecule has 1 N–H and O–H groups in total. The van der Waals surface area contributed by atoms with E-state index >= 15 is 0 Å². The Hall–Kier alpha value is -0.450. The van der Waals surface area contributed by atoms with Gasteiger partial charge in [0, 0.05) is 18.2 Å². The minimum atomic E-state index is -0.610. The summed E-state index contributed by atoms with van der Waals surface area (Å²) in [5.74, 6) is 0.457. The van der Waals surface area contributed by atoms with E-state index in [1.54, 1.807) is 11.3 Å². The van der Waals surface area contributed by atoms with Crippen LogP contribution in [0.3, 0.4) is 0 Å². The van der Waals surface area contributed by atoms with Crippen molar-refractivity contribution in [3.63, 3.8) is 0 Å². The van der Waals surface area contributed by atoms with E-state index in [4.69, 9.17) is 0 Å². The van der Waals surface area contributed by atoms with Crippen molar-refractivity contribution in [2.75, 3.05) is 13.1 Å². The van der Waals surface area contributed by atoms with Gasteiger partial charge in [-0.05, 0) is 51.6 Å². The number of thiazole rings is 1. The highest BCUT2D eigenvalue weighted by Crippen LogP contribution is 2.42. The summed E-state index contributed by atoms with van der Waals surface area (Å²) in [6.07, 6.45) is 8.68. The molecule has 2 fully saturated rings. The van der Waals surface area contributed by atoms with Gasteiger partial charge in [0.25, 0.3) is 0 Å². The van der Waals surface area contributed by atoms with Crippen molar-refractivity contribution in [1.82, 2.24) is 9.88 Å². The molecule has 0 atom stereocenters. The highest BCUT2D eigenvalue weighted by Gasteiger charge is 2.38. The van der Waals surface area contributed by atoms with Gasteiger partial charge in [0.1, 0.15) is 5.60 Å². The van der Waals surface area contributed by atoms with Crippen LogP contribution in [0.2, 0.25) is 0 Å². The molecular formula is C16H26N2OS. The number of hydrogen-bond donors (Lipinski definition) is 1. The summed E-state index contributed by atoms with van der Waals surface area (Å²) < 4.78 is 0. The molecule has 4 heteroatoms. The Kier molecular flexibility index (Phi) is 4.16. The average molecular weight is 294 g/mol. The first-order valence-corrected chi connectivity index (χ1v) is 8.83. The Morgan fingerprint density at radius 1 is 1.30 bits per heavy atom. The van der Waals surface area contributed by atoms with Gasteiger partial charge in [0.05, 0.1) is 9.88 Å². The molecule has 1 aliphatic carbocycles. The lowest BCUT2D eigenvalue weighted by Gasteiger charge is -2.38. The zero-order valence-corrected chi connectivity index (χ0v) is 13.5. The smallest absolute Gasteiger partial charge is 0.100 e. The van der Waals surface area contributed by atoms with Crippen molar-refractivity contribution < 1.29 is 5.11 Å². The van der Waals surface area contributed by atoms with Gasteiger partial charge < -0.3 is 10.0 Å². The fourth-order valence-corrected chi connectivity index (χ4v) is 4.63. The number of nitrogens with zero attached hydrogens (tertiary/aromatic N) is 2. The Labute approximate surface area is 126 Å². The van der Waals surface area contributed by atoms with E-state index in [1.807, 2.05) is 6.20 Å². The monoisotopic (exact) mass is 294 g/mol. The van der Waals surface area contributed by atoms with Crippen LogP contribution in [-0.4, -0.2) is 34.1 Å². The van der Waals surface area contributed by atoms with E-state index in [0.717, 1.165) is 35.6 Å². The lowest BCUT2D eigenvalue weighted by molar-refractivity contribution is -0.0193. The molecule has 1 aliphatic heterocycles. The average Bonchev–Trinajstić information content (AvgIpc) is 3.11. The van der Waals surface area contributed by atoms with Crippen LogP contribution in [0.5, 0.6) is 0 Å². The molecule has 3 nitrogen and oxygen atoms in total. The van der Waals surface area contributed by atoms with Crippen LogP contribution in [0.1, 0.15) is 68.2 Å². The van der Waals surface area contributed by atoms with Gasteiger partial charge in [0.15, 0.2) is 0 Å². The van der Waals surface area contributed by atoms with Gasteiger partial charge in [-0.1, -0.05) is 13.8 Å². The molecule has 1 aromatic heterocycles. The molecule has 20 heavy (non-hydrogen) atoms. The molecule has 2 aliphatic rings. The Morgan fingerprint density at radius 2 is 1.95 bits per heavy atom. The second kappa shape index (κ2) is 5.74. The summed E-state index contributed by atoms with van der Waals surface area (Å²) in [5, 5.41) is 12.1. The largest absolute Gasteiger partial charge is 0.384 e.